The SMILES string of the molecule is CCC(COC)NC(=O)COc1ccc(-c2nc3ncc(C)c(NC4CCN(C)CC4)c3[nH]2)cc1. The molecule has 0 aliphatic carbocycles. The third kappa shape index (κ3) is 6.29. The lowest BCUT2D eigenvalue weighted by Crippen LogP contribution is -2.40. The number of anilines is 1. The van der Waals surface area contributed by atoms with Crippen LogP contribution >= 0.6 is 0 Å². The Bertz CT molecular complexity index is 1120. The van der Waals surface area contributed by atoms with E-state index < -0.39 is 0 Å². The van der Waals surface area contributed by atoms with Gasteiger partial charge in [0.1, 0.15) is 17.1 Å². The van der Waals surface area contributed by atoms with Crippen LogP contribution in [0.2, 0.25) is 0 Å². The minimum absolute atomic E-state index is 0.0114. The lowest BCUT2D eigenvalue weighted by Gasteiger charge is -2.30. The van der Waals surface area contributed by atoms with Crippen molar-refractivity contribution in [1.29, 1.82) is 0 Å². The predicted molar refractivity (Wildman–Crippen MR) is 138 cm³/mol. The molecule has 3 aromatic rings. The summed E-state index contributed by atoms with van der Waals surface area (Å²) in [6.07, 6.45) is 4.91. The summed E-state index contributed by atoms with van der Waals surface area (Å²) in [7, 11) is 3.79. The van der Waals surface area contributed by atoms with Crippen LogP contribution in [0.1, 0.15) is 31.7 Å². The van der Waals surface area contributed by atoms with E-state index in [2.05, 4.69) is 39.5 Å². The van der Waals surface area contributed by atoms with E-state index in [1.807, 2.05) is 37.4 Å². The highest BCUT2D eigenvalue weighted by Crippen LogP contribution is 2.29. The molecule has 3 N–H and O–H groups in total. The van der Waals surface area contributed by atoms with Crippen molar-refractivity contribution < 1.29 is 14.3 Å². The number of hydrogen-bond acceptors (Lipinski definition) is 7. The Hall–Kier alpha value is -3.17. The predicted octanol–water partition coefficient (Wildman–Crippen LogP) is 3.36. The maximum absolute atomic E-state index is 12.1. The number of aryl methyl sites for hydroxylation is 1. The zero-order valence-electron chi connectivity index (χ0n) is 21.1. The Morgan fingerprint density at radius 1 is 1.26 bits per heavy atom. The zero-order valence-corrected chi connectivity index (χ0v) is 21.1. The van der Waals surface area contributed by atoms with Crippen molar-refractivity contribution in [3.05, 3.63) is 36.0 Å². The molecule has 0 spiro atoms. The number of pyridine rings is 1. The van der Waals surface area contributed by atoms with E-state index in [1.54, 1.807) is 7.11 Å². The smallest absolute Gasteiger partial charge is 0.258 e. The molecule has 9 heteroatoms. The van der Waals surface area contributed by atoms with Crippen LogP contribution < -0.4 is 15.4 Å². The first-order chi connectivity index (χ1) is 17.0. The van der Waals surface area contributed by atoms with Crippen molar-refractivity contribution in [3.63, 3.8) is 0 Å². The number of rotatable bonds is 10. The minimum Gasteiger partial charge on any atom is -0.484 e. The molecule has 1 fully saturated rings. The van der Waals surface area contributed by atoms with Gasteiger partial charge in [0.05, 0.1) is 18.3 Å². The third-order valence-electron chi connectivity index (χ3n) is 6.50. The summed E-state index contributed by atoms with van der Waals surface area (Å²) < 4.78 is 10.8. The summed E-state index contributed by atoms with van der Waals surface area (Å²) in [4.78, 5) is 27.2. The molecule has 4 rings (SSSR count). The molecule has 1 atom stereocenters. The molecule has 1 aliphatic heterocycles. The van der Waals surface area contributed by atoms with Gasteiger partial charge in [-0.2, -0.15) is 0 Å². The highest BCUT2D eigenvalue weighted by atomic mass is 16.5. The quantitative estimate of drug-likeness (QED) is 0.409. The molecule has 35 heavy (non-hydrogen) atoms. The second-order valence-corrected chi connectivity index (χ2v) is 9.26. The maximum atomic E-state index is 12.1. The number of likely N-dealkylation sites (tertiary alicyclic amines) is 1. The number of carbonyl (C=O) groups excluding carboxylic acids is 1. The lowest BCUT2D eigenvalue weighted by molar-refractivity contribution is -0.124. The van der Waals surface area contributed by atoms with E-state index in [1.165, 1.54) is 0 Å². The van der Waals surface area contributed by atoms with Crippen LogP contribution in [0.25, 0.3) is 22.6 Å². The van der Waals surface area contributed by atoms with Crippen molar-refractivity contribution in [2.24, 2.45) is 0 Å². The van der Waals surface area contributed by atoms with Gasteiger partial charge < -0.3 is 30.0 Å². The van der Waals surface area contributed by atoms with Crippen molar-refractivity contribution in [2.75, 3.05) is 45.8 Å². The second-order valence-electron chi connectivity index (χ2n) is 9.26. The molecular weight excluding hydrogens is 444 g/mol. The maximum Gasteiger partial charge on any atom is 0.258 e. The molecule has 0 saturated carbocycles. The number of carbonyl (C=O) groups is 1. The lowest BCUT2D eigenvalue weighted by atomic mass is 10.0. The Morgan fingerprint density at radius 2 is 2.00 bits per heavy atom. The van der Waals surface area contributed by atoms with Gasteiger partial charge >= 0.3 is 0 Å². The van der Waals surface area contributed by atoms with Gasteiger partial charge in [-0.1, -0.05) is 6.92 Å². The summed E-state index contributed by atoms with van der Waals surface area (Å²) in [6, 6.07) is 7.99. The minimum atomic E-state index is -0.165. The zero-order chi connectivity index (χ0) is 24.8. The third-order valence-corrected chi connectivity index (χ3v) is 6.50. The fraction of sp³-hybridized carbons (Fsp3) is 0.500. The van der Waals surface area contributed by atoms with E-state index in [0.29, 0.717) is 24.0 Å². The number of amides is 1. The Balaban J connectivity index is 1.42. The fourth-order valence-electron chi connectivity index (χ4n) is 4.32. The van der Waals surface area contributed by atoms with Crippen LogP contribution in [0.15, 0.2) is 30.5 Å². The monoisotopic (exact) mass is 480 g/mol. The van der Waals surface area contributed by atoms with Crippen LogP contribution in [0.4, 0.5) is 5.69 Å². The van der Waals surface area contributed by atoms with E-state index in [-0.39, 0.29) is 18.6 Å². The molecule has 3 heterocycles. The van der Waals surface area contributed by atoms with Crippen molar-refractivity contribution in [3.8, 4) is 17.1 Å². The number of ether oxygens (including phenoxy) is 2. The largest absolute Gasteiger partial charge is 0.484 e. The Labute approximate surface area is 206 Å². The number of H-pyrrole nitrogens is 1. The first kappa shape index (κ1) is 24.9. The molecule has 0 radical (unpaired) electrons. The topological polar surface area (TPSA) is 104 Å². The number of nitrogens with one attached hydrogen (secondary N) is 3. The van der Waals surface area contributed by atoms with E-state index >= 15 is 0 Å². The molecule has 9 nitrogen and oxygen atoms in total. The highest BCUT2D eigenvalue weighted by Gasteiger charge is 2.20. The van der Waals surface area contributed by atoms with Crippen LogP contribution in [0.3, 0.4) is 0 Å². The summed E-state index contributed by atoms with van der Waals surface area (Å²) in [5.41, 5.74) is 4.73. The summed E-state index contributed by atoms with van der Waals surface area (Å²) in [5, 5.41) is 6.65. The molecule has 1 amide bonds. The number of methoxy groups -OCH3 is 1. The van der Waals surface area contributed by atoms with Gasteiger partial charge in [-0.3, -0.25) is 4.79 Å². The van der Waals surface area contributed by atoms with Crippen molar-refractivity contribution >= 4 is 22.8 Å². The van der Waals surface area contributed by atoms with Gasteiger partial charge in [0, 0.05) is 24.9 Å². The molecular formula is C26H36N6O3. The first-order valence-electron chi connectivity index (χ1n) is 12.3. The number of aromatic nitrogens is 3. The number of imidazole rings is 1. The second kappa shape index (κ2) is 11.5. The van der Waals surface area contributed by atoms with Gasteiger partial charge in [0.25, 0.3) is 5.91 Å². The number of nitrogens with zero attached hydrogens (tertiary/aromatic N) is 3. The molecule has 0 bridgehead atoms. The fourth-order valence-corrected chi connectivity index (χ4v) is 4.32. The number of hydrogen-bond donors (Lipinski definition) is 3. The Morgan fingerprint density at radius 3 is 2.69 bits per heavy atom. The molecule has 188 valence electrons. The average molecular weight is 481 g/mol. The van der Waals surface area contributed by atoms with Crippen molar-refractivity contribution in [2.45, 2.75) is 45.2 Å². The van der Waals surface area contributed by atoms with E-state index in [0.717, 1.165) is 60.5 Å². The van der Waals surface area contributed by atoms with Crippen molar-refractivity contribution in [1.82, 2.24) is 25.2 Å². The average Bonchev–Trinajstić information content (AvgIpc) is 3.30. The van der Waals surface area contributed by atoms with Gasteiger partial charge in [0.2, 0.25) is 0 Å². The Kier molecular flexibility index (Phi) is 8.20. The number of aromatic amines is 1. The summed E-state index contributed by atoms with van der Waals surface area (Å²) in [5.74, 6) is 1.21. The van der Waals surface area contributed by atoms with Gasteiger partial charge in [0.15, 0.2) is 12.3 Å². The van der Waals surface area contributed by atoms with Gasteiger partial charge in [-0.15, -0.1) is 0 Å². The van der Waals surface area contributed by atoms with Crippen LogP contribution in [0.5, 0.6) is 5.75 Å². The van der Waals surface area contributed by atoms with Crippen LogP contribution in [0, 0.1) is 6.92 Å². The number of fused-ring (bicyclic) bond motifs is 1. The summed E-state index contributed by atoms with van der Waals surface area (Å²) in [6.45, 7) is 6.72. The van der Waals surface area contributed by atoms with Gasteiger partial charge in [-0.05, 0) is 76.2 Å². The highest BCUT2D eigenvalue weighted by molar-refractivity contribution is 5.89. The number of piperidine rings is 1. The molecule has 2 aromatic heterocycles. The first-order valence-corrected chi connectivity index (χ1v) is 12.3. The number of benzene rings is 1. The van der Waals surface area contributed by atoms with Gasteiger partial charge in [-0.25, -0.2) is 9.97 Å². The molecule has 1 saturated heterocycles. The van der Waals surface area contributed by atoms with Crippen LogP contribution in [-0.4, -0.2) is 78.3 Å². The van der Waals surface area contributed by atoms with Crippen LogP contribution in [-0.2, 0) is 9.53 Å². The standard InChI is InChI=1S/C26H36N6O3/c1-5-19(15-34-4)28-22(33)16-35-21-8-6-18(7-9-21)25-30-24-23(17(2)14-27-26(24)31-25)29-20-10-12-32(3)13-11-20/h6-9,14,19-20H,5,10-13,15-16H2,1-4H3,(H,28,33)(H2,27,29,30,31). The molecule has 1 aromatic carbocycles. The molecule has 1 aliphatic rings. The van der Waals surface area contributed by atoms with E-state index in [4.69, 9.17) is 14.5 Å². The molecule has 1 unspecified atom stereocenters. The van der Waals surface area contributed by atoms with E-state index in [9.17, 15) is 4.79 Å². The normalized spacial score (nSPS) is 15.8. The summed E-state index contributed by atoms with van der Waals surface area (Å²) >= 11 is 0.